The molecular weight excluding hydrogens is 363 g/mol. The van der Waals surface area contributed by atoms with Crippen LogP contribution in [0.2, 0.25) is 0 Å². The van der Waals surface area contributed by atoms with Gasteiger partial charge in [-0.2, -0.15) is 0 Å². The van der Waals surface area contributed by atoms with Crippen LogP contribution in [0.4, 0.5) is 0 Å². The van der Waals surface area contributed by atoms with E-state index in [9.17, 15) is 5.11 Å². The molecule has 0 spiro atoms. The summed E-state index contributed by atoms with van der Waals surface area (Å²) in [5, 5.41) is 14.6. The molecule has 0 atom stereocenters. The zero-order chi connectivity index (χ0) is 18.8. The first kappa shape index (κ1) is 15.7. The summed E-state index contributed by atoms with van der Waals surface area (Å²) in [6.07, 6.45) is 1.85. The van der Waals surface area contributed by atoms with Gasteiger partial charge in [-0.3, -0.25) is 4.57 Å². The zero-order valence-corrected chi connectivity index (χ0v) is 15.6. The summed E-state index contributed by atoms with van der Waals surface area (Å²) in [4.78, 5) is 4.78. The first-order valence-electron chi connectivity index (χ1n) is 9.00. The van der Waals surface area contributed by atoms with Crippen molar-refractivity contribution in [2.45, 2.75) is 0 Å². The van der Waals surface area contributed by atoms with Crippen molar-refractivity contribution < 1.29 is 5.11 Å². The molecule has 0 amide bonds. The highest BCUT2D eigenvalue weighted by atomic mass is 32.1. The number of phenols is 1. The summed E-state index contributed by atoms with van der Waals surface area (Å²) in [6, 6.07) is 21.8. The topological polar surface area (TPSA) is 38.0 Å². The summed E-state index contributed by atoms with van der Waals surface area (Å²) in [6.45, 7) is 0. The van der Waals surface area contributed by atoms with Gasteiger partial charge in [0.1, 0.15) is 19.4 Å². The van der Waals surface area contributed by atoms with E-state index in [4.69, 9.17) is 12.8 Å². The predicted octanol–water partition coefficient (Wildman–Crippen LogP) is 5.05. The molecule has 0 aliphatic rings. The average Bonchev–Trinajstić information content (AvgIpc) is 3.23. The third-order valence-electron chi connectivity index (χ3n) is 5.25. The van der Waals surface area contributed by atoms with E-state index in [1.54, 1.807) is 23.5 Å². The highest BCUT2D eigenvalue weighted by molar-refractivity contribution is 7.25. The molecule has 28 heavy (non-hydrogen) atoms. The molecule has 3 heterocycles. The molecule has 0 bridgehead atoms. The van der Waals surface area contributed by atoms with E-state index in [0.717, 1.165) is 33.0 Å². The molecule has 0 unspecified atom stereocenters. The minimum atomic E-state index is 0.229. The minimum absolute atomic E-state index is 0.229. The van der Waals surface area contributed by atoms with E-state index in [-0.39, 0.29) is 5.75 Å². The Hall–Kier alpha value is -3.31. The van der Waals surface area contributed by atoms with Gasteiger partial charge < -0.3 is 5.11 Å². The van der Waals surface area contributed by atoms with Crippen molar-refractivity contribution in [2.24, 2.45) is 0 Å². The minimum Gasteiger partial charge on any atom is -0.508 e. The SMILES string of the molecule is [B]c1ccc2c(c1)c1ccc(O)cc1n2-c1nccc2sc3ccccc3c12. The number of nitrogens with zero attached hydrogens (tertiary/aromatic N) is 2. The Kier molecular flexibility index (Phi) is 3.14. The summed E-state index contributed by atoms with van der Waals surface area (Å²) in [5.74, 6) is 1.09. The van der Waals surface area contributed by atoms with Crippen molar-refractivity contribution in [2.75, 3.05) is 0 Å². The Bertz CT molecular complexity index is 1550. The Labute approximate surface area is 165 Å². The Balaban J connectivity index is 1.86. The lowest BCUT2D eigenvalue weighted by atomic mass is 9.94. The number of aromatic nitrogens is 2. The van der Waals surface area contributed by atoms with Gasteiger partial charge in [0.05, 0.1) is 11.0 Å². The van der Waals surface area contributed by atoms with Gasteiger partial charge in [0, 0.05) is 43.2 Å². The molecule has 6 aromatic rings. The molecule has 0 saturated carbocycles. The van der Waals surface area contributed by atoms with Gasteiger partial charge in [0.25, 0.3) is 0 Å². The van der Waals surface area contributed by atoms with Gasteiger partial charge in [-0.15, -0.1) is 11.3 Å². The van der Waals surface area contributed by atoms with Gasteiger partial charge in [0.15, 0.2) is 0 Å². The average molecular weight is 376 g/mol. The van der Waals surface area contributed by atoms with Crippen molar-refractivity contribution in [3.05, 3.63) is 72.9 Å². The van der Waals surface area contributed by atoms with Gasteiger partial charge in [-0.1, -0.05) is 35.8 Å². The second-order valence-electron chi connectivity index (χ2n) is 6.92. The van der Waals surface area contributed by atoms with E-state index in [1.165, 1.54) is 14.8 Å². The van der Waals surface area contributed by atoms with Crippen LogP contribution in [0, 0.1) is 0 Å². The first-order chi connectivity index (χ1) is 13.7. The quantitative estimate of drug-likeness (QED) is 0.408. The molecule has 3 aromatic carbocycles. The van der Waals surface area contributed by atoms with Crippen LogP contribution >= 0.6 is 11.3 Å². The molecule has 3 nitrogen and oxygen atoms in total. The lowest BCUT2D eigenvalue weighted by Crippen LogP contribution is -2.01. The van der Waals surface area contributed by atoms with Crippen LogP contribution in [0.3, 0.4) is 0 Å². The molecule has 6 rings (SSSR count). The molecule has 2 radical (unpaired) electrons. The van der Waals surface area contributed by atoms with Crippen LogP contribution in [0.5, 0.6) is 5.75 Å². The first-order valence-corrected chi connectivity index (χ1v) is 9.82. The monoisotopic (exact) mass is 376 g/mol. The number of benzene rings is 3. The van der Waals surface area contributed by atoms with Gasteiger partial charge >= 0.3 is 0 Å². The Morgan fingerprint density at radius 3 is 2.64 bits per heavy atom. The molecule has 0 aliphatic carbocycles. The second kappa shape index (κ2) is 5.60. The maximum atomic E-state index is 10.2. The van der Waals surface area contributed by atoms with Crippen LogP contribution in [0.15, 0.2) is 72.9 Å². The number of fused-ring (bicyclic) bond motifs is 6. The number of thiophene rings is 1. The highest BCUT2D eigenvalue weighted by Crippen LogP contribution is 2.40. The van der Waals surface area contributed by atoms with Crippen molar-refractivity contribution in [3.63, 3.8) is 0 Å². The summed E-state index contributed by atoms with van der Waals surface area (Å²) < 4.78 is 4.56. The summed E-state index contributed by atoms with van der Waals surface area (Å²) in [5.41, 5.74) is 2.65. The van der Waals surface area contributed by atoms with Crippen molar-refractivity contribution >= 4 is 66.6 Å². The number of hydrogen-bond donors (Lipinski definition) is 1. The highest BCUT2D eigenvalue weighted by Gasteiger charge is 2.18. The molecule has 1 N–H and O–H groups in total. The largest absolute Gasteiger partial charge is 0.508 e. The van der Waals surface area contributed by atoms with E-state index in [0.29, 0.717) is 5.46 Å². The molecular formula is C23H13BN2OS. The molecule has 3 aromatic heterocycles. The smallest absolute Gasteiger partial charge is 0.146 e. The third-order valence-corrected chi connectivity index (χ3v) is 6.39. The molecule has 0 saturated heterocycles. The number of rotatable bonds is 1. The van der Waals surface area contributed by atoms with Crippen molar-refractivity contribution in [1.29, 1.82) is 0 Å². The van der Waals surface area contributed by atoms with Crippen LogP contribution in [0.25, 0.3) is 47.8 Å². The lowest BCUT2D eigenvalue weighted by Gasteiger charge is -2.09. The van der Waals surface area contributed by atoms with Crippen molar-refractivity contribution in [1.82, 2.24) is 9.55 Å². The van der Waals surface area contributed by atoms with Crippen molar-refractivity contribution in [3.8, 4) is 11.6 Å². The standard InChI is InChI=1S/C23H13BN2OS/c24-13-5-8-18-17(11-13)15-7-6-14(27)12-19(15)26(18)23-22-16-3-1-2-4-20(16)28-21(22)9-10-25-23/h1-12,27H. The maximum Gasteiger partial charge on any atom is 0.146 e. The fourth-order valence-electron chi connectivity index (χ4n) is 4.08. The van der Waals surface area contributed by atoms with Crippen LogP contribution in [-0.2, 0) is 0 Å². The summed E-state index contributed by atoms with van der Waals surface area (Å²) in [7, 11) is 6.07. The van der Waals surface area contributed by atoms with Gasteiger partial charge in [-0.25, -0.2) is 4.98 Å². The molecule has 130 valence electrons. The number of hydrogen-bond acceptors (Lipinski definition) is 3. The van der Waals surface area contributed by atoms with Gasteiger partial charge in [0.2, 0.25) is 0 Å². The predicted molar refractivity (Wildman–Crippen MR) is 119 cm³/mol. The normalized spacial score (nSPS) is 11.9. The third kappa shape index (κ3) is 2.08. The van der Waals surface area contributed by atoms with Crippen LogP contribution < -0.4 is 5.46 Å². The fraction of sp³-hybridized carbons (Fsp3) is 0. The fourth-order valence-corrected chi connectivity index (χ4v) is 5.17. The Morgan fingerprint density at radius 2 is 1.71 bits per heavy atom. The van der Waals surface area contributed by atoms with Gasteiger partial charge in [-0.05, 0) is 30.3 Å². The maximum absolute atomic E-state index is 10.2. The number of pyridine rings is 1. The van der Waals surface area contributed by atoms with E-state index >= 15 is 0 Å². The second-order valence-corrected chi connectivity index (χ2v) is 8.00. The Morgan fingerprint density at radius 1 is 0.821 bits per heavy atom. The number of aromatic hydroxyl groups is 1. The van der Waals surface area contributed by atoms with E-state index < -0.39 is 0 Å². The van der Waals surface area contributed by atoms with E-state index in [1.807, 2.05) is 30.5 Å². The number of phenolic OH excluding ortho intramolecular Hbond substituents is 1. The van der Waals surface area contributed by atoms with E-state index in [2.05, 4.69) is 34.9 Å². The summed E-state index contributed by atoms with van der Waals surface area (Å²) >= 11 is 1.77. The van der Waals surface area contributed by atoms with Crippen LogP contribution in [-0.4, -0.2) is 22.5 Å². The molecule has 0 fully saturated rings. The van der Waals surface area contributed by atoms with Crippen LogP contribution in [0.1, 0.15) is 0 Å². The molecule has 0 aliphatic heterocycles. The lowest BCUT2D eigenvalue weighted by molar-refractivity contribution is 0.476. The molecule has 5 heteroatoms. The zero-order valence-electron chi connectivity index (χ0n) is 14.8.